The molecular formula is C16H17ClN2OS. The monoisotopic (exact) mass is 320 g/mol. The highest BCUT2D eigenvalue weighted by atomic mass is 35.5. The van der Waals surface area contributed by atoms with Gasteiger partial charge in [-0.05, 0) is 31.9 Å². The molecule has 0 aliphatic heterocycles. The summed E-state index contributed by atoms with van der Waals surface area (Å²) < 4.78 is 0. The summed E-state index contributed by atoms with van der Waals surface area (Å²) in [6.07, 6.45) is 4.32. The standard InChI is InChI=1S/C16H17ClN2OS/c1-10-14(11-6-8-13(17)9-7-11)18-16(21-10)19-15(20)12-4-2-3-5-12/h6-9,12H,2-5H2,1H3,(H,18,19,20). The lowest BCUT2D eigenvalue weighted by Crippen LogP contribution is -2.20. The van der Waals surface area contributed by atoms with Crippen LogP contribution in [0.25, 0.3) is 11.3 Å². The van der Waals surface area contributed by atoms with Gasteiger partial charge in [0.2, 0.25) is 5.91 Å². The first-order valence-electron chi connectivity index (χ1n) is 7.18. The van der Waals surface area contributed by atoms with Crippen molar-refractivity contribution < 1.29 is 4.79 Å². The van der Waals surface area contributed by atoms with Crippen LogP contribution in [0.5, 0.6) is 0 Å². The van der Waals surface area contributed by atoms with E-state index in [1.165, 1.54) is 11.3 Å². The Morgan fingerprint density at radius 2 is 1.95 bits per heavy atom. The Bertz CT molecular complexity index is 645. The number of hydrogen-bond donors (Lipinski definition) is 1. The fourth-order valence-electron chi connectivity index (χ4n) is 2.72. The van der Waals surface area contributed by atoms with E-state index >= 15 is 0 Å². The number of carbonyl (C=O) groups excluding carboxylic acids is 1. The first-order valence-corrected chi connectivity index (χ1v) is 8.37. The molecule has 1 aliphatic carbocycles. The normalized spacial score (nSPS) is 15.3. The summed E-state index contributed by atoms with van der Waals surface area (Å²) in [6.45, 7) is 2.02. The highest BCUT2D eigenvalue weighted by Gasteiger charge is 2.23. The molecule has 1 aromatic carbocycles. The van der Waals surface area contributed by atoms with Crippen LogP contribution >= 0.6 is 22.9 Å². The molecule has 5 heteroatoms. The molecule has 0 saturated heterocycles. The van der Waals surface area contributed by atoms with Crippen molar-refractivity contribution in [2.24, 2.45) is 5.92 Å². The SMILES string of the molecule is Cc1sc(NC(=O)C2CCCC2)nc1-c1ccc(Cl)cc1. The van der Waals surface area contributed by atoms with E-state index in [1.807, 2.05) is 31.2 Å². The third kappa shape index (κ3) is 3.27. The molecule has 1 aromatic heterocycles. The molecule has 1 N–H and O–H groups in total. The van der Waals surface area contributed by atoms with Crippen LogP contribution in [0.2, 0.25) is 5.02 Å². The molecule has 1 amide bonds. The zero-order chi connectivity index (χ0) is 14.8. The van der Waals surface area contributed by atoms with Crippen LogP contribution in [0, 0.1) is 12.8 Å². The highest BCUT2D eigenvalue weighted by Crippen LogP contribution is 2.32. The average molecular weight is 321 g/mol. The second-order valence-corrected chi connectivity index (χ2v) is 7.04. The second kappa shape index (κ2) is 6.16. The maximum atomic E-state index is 12.2. The van der Waals surface area contributed by atoms with E-state index in [9.17, 15) is 4.79 Å². The lowest BCUT2D eigenvalue weighted by Gasteiger charge is -2.07. The smallest absolute Gasteiger partial charge is 0.229 e. The number of nitrogens with zero attached hydrogens (tertiary/aromatic N) is 1. The topological polar surface area (TPSA) is 42.0 Å². The summed E-state index contributed by atoms with van der Waals surface area (Å²) in [6, 6.07) is 7.61. The number of anilines is 1. The van der Waals surface area contributed by atoms with Gasteiger partial charge in [-0.1, -0.05) is 36.6 Å². The lowest BCUT2D eigenvalue weighted by atomic mass is 10.1. The molecule has 1 fully saturated rings. The fraction of sp³-hybridized carbons (Fsp3) is 0.375. The Morgan fingerprint density at radius 3 is 2.62 bits per heavy atom. The third-order valence-electron chi connectivity index (χ3n) is 3.87. The van der Waals surface area contributed by atoms with Gasteiger partial charge < -0.3 is 5.32 Å². The van der Waals surface area contributed by atoms with Crippen LogP contribution in [-0.4, -0.2) is 10.9 Å². The molecule has 3 nitrogen and oxygen atoms in total. The van der Waals surface area contributed by atoms with Gasteiger partial charge in [0.25, 0.3) is 0 Å². The van der Waals surface area contributed by atoms with E-state index in [0.29, 0.717) is 10.2 Å². The van der Waals surface area contributed by atoms with Crippen LogP contribution in [0.4, 0.5) is 5.13 Å². The van der Waals surface area contributed by atoms with Crippen molar-refractivity contribution in [1.29, 1.82) is 0 Å². The second-order valence-electron chi connectivity index (χ2n) is 5.40. The molecule has 21 heavy (non-hydrogen) atoms. The molecular weight excluding hydrogens is 304 g/mol. The average Bonchev–Trinajstić information content (AvgIpc) is 3.10. The van der Waals surface area contributed by atoms with E-state index < -0.39 is 0 Å². The quantitative estimate of drug-likeness (QED) is 0.873. The predicted molar refractivity (Wildman–Crippen MR) is 87.9 cm³/mol. The molecule has 2 aromatic rings. The first kappa shape index (κ1) is 14.5. The molecule has 0 bridgehead atoms. The van der Waals surface area contributed by atoms with E-state index in [2.05, 4.69) is 10.3 Å². The van der Waals surface area contributed by atoms with Gasteiger partial charge in [-0.15, -0.1) is 11.3 Å². The fourth-order valence-corrected chi connectivity index (χ4v) is 3.69. The summed E-state index contributed by atoms with van der Waals surface area (Å²) in [4.78, 5) is 17.8. The van der Waals surface area contributed by atoms with Gasteiger partial charge in [-0.2, -0.15) is 0 Å². The Hall–Kier alpha value is -1.39. The summed E-state index contributed by atoms with van der Waals surface area (Å²) in [5.74, 6) is 0.275. The molecule has 0 spiro atoms. The van der Waals surface area contributed by atoms with Crippen molar-refractivity contribution >= 4 is 34.0 Å². The minimum Gasteiger partial charge on any atom is -0.302 e. The molecule has 1 saturated carbocycles. The summed E-state index contributed by atoms with van der Waals surface area (Å²) in [7, 11) is 0. The summed E-state index contributed by atoms with van der Waals surface area (Å²) in [5.41, 5.74) is 1.94. The number of aryl methyl sites for hydroxylation is 1. The minimum absolute atomic E-state index is 0.115. The van der Waals surface area contributed by atoms with Gasteiger partial charge in [0, 0.05) is 21.4 Å². The van der Waals surface area contributed by atoms with E-state index in [0.717, 1.165) is 41.8 Å². The number of thiazole rings is 1. The number of aromatic nitrogens is 1. The van der Waals surface area contributed by atoms with Crippen molar-refractivity contribution in [3.05, 3.63) is 34.2 Å². The van der Waals surface area contributed by atoms with Gasteiger partial charge >= 0.3 is 0 Å². The van der Waals surface area contributed by atoms with Crippen LogP contribution in [0.3, 0.4) is 0 Å². The maximum Gasteiger partial charge on any atom is 0.229 e. The van der Waals surface area contributed by atoms with Crippen LogP contribution in [0.1, 0.15) is 30.6 Å². The number of benzene rings is 1. The lowest BCUT2D eigenvalue weighted by molar-refractivity contribution is -0.119. The Labute approximate surface area is 133 Å². The number of nitrogens with one attached hydrogen (secondary N) is 1. The van der Waals surface area contributed by atoms with Gasteiger partial charge in [0.05, 0.1) is 5.69 Å². The molecule has 110 valence electrons. The number of halogens is 1. The summed E-state index contributed by atoms with van der Waals surface area (Å²) >= 11 is 7.44. The highest BCUT2D eigenvalue weighted by molar-refractivity contribution is 7.16. The van der Waals surface area contributed by atoms with Crippen molar-refractivity contribution in [2.45, 2.75) is 32.6 Å². The molecule has 0 radical (unpaired) electrons. The number of hydrogen-bond acceptors (Lipinski definition) is 3. The largest absolute Gasteiger partial charge is 0.302 e. The third-order valence-corrected chi connectivity index (χ3v) is 5.01. The first-order chi connectivity index (χ1) is 10.1. The number of rotatable bonds is 3. The number of carbonyl (C=O) groups is 1. The van der Waals surface area contributed by atoms with Gasteiger partial charge in [0.1, 0.15) is 0 Å². The van der Waals surface area contributed by atoms with E-state index in [1.54, 1.807) is 0 Å². The van der Waals surface area contributed by atoms with Gasteiger partial charge in [0.15, 0.2) is 5.13 Å². The van der Waals surface area contributed by atoms with E-state index in [-0.39, 0.29) is 11.8 Å². The predicted octanol–water partition coefficient (Wildman–Crippen LogP) is 4.90. The van der Waals surface area contributed by atoms with Crippen molar-refractivity contribution in [3.8, 4) is 11.3 Å². The van der Waals surface area contributed by atoms with Gasteiger partial charge in [-0.25, -0.2) is 4.98 Å². The molecule has 3 rings (SSSR count). The molecule has 1 heterocycles. The molecule has 0 unspecified atom stereocenters. The Morgan fingerprint density at radius 1 is 1.29 bits per heavy atom. The Balaban J connectivity index is 1.77. The minimum atomic E-state index is 0.115. The van der Waals surface area contributed by atoms with Gasteiger partial charge in [-0.3, -0.25) is 4.79 Å². The van der Waals surface area contributed by atoms with E-state index in [4.69, 9.17) is 11.6 Å². The molecule has 1 aliphatic rings. The maximum absolute atomic E-state index is 12.2. The summed E-state index contributed by atoms with van der Waals surface area (Å²) in [5, 5.41) is 4.37. The zero-order valence-corrected chi connectivity index (χ0v) is 13.4. The van der Waals surface area contributed by atoms with Crippen molar-refractivity contribution in [1.82, 2.24) is 4.98 Å². The zero-order valence-electron chi connectivity index (χ0n) is 11.9. The van der Waals surface area contributed by atoms with Crippen LogP contribution < -0.4 is 5.32 Å². The number of amides is 1. The molecule has 0 atom stereocenters. The van der Waals surface area contributed by atoms with Crippen molar-refractivity contribution in [3.63, 3.8) is 0 Å². The Kier molecular flexibility index (Phi) is 4.27. The van der Waals surface area contributed by atoms with Crippen LogP contribution in [-0.2, 0) is 4.79 Å². The van der Waals surface area contributed by atoms with Crippen molar-refractivity contribution in [2.75, 3.05) is 5.32 Å². The van der Waals surface area contributed by atoms with Crippen LogP contribution in [0.15, 0.2) is 24.3 Å².